The first-order chi connectivity index (χ1) is 8.09. The Morgan fingerprint density at radius 2 is 2.06 bits per heavy atom. The summed E-state index contributed by atoms with van der Waals surface area (Å²) in [5.41, 5.74) is 8.94. The fourth-order valence-corrected chi connectivity index (χ4v) is 3.04. The van der Waals surface area contributed by atoms with Crippen LogP contribution in [0.2, 0.25) is 0 Å². The molecule has 2 aromatic rings. The summed E-state index contributed by atoms with van der Waals surface area (Å²) in [4.78, 5) is 4.36. The van der Waals surface area contributed by atoms with Crippen LogP contribution in [0.4, 0.5) is 0 Å². The summed E-state index contributed by atoms with van der Waals surface area (Å²) in [7, 11) is 0. The number of nitrogens with two attached hydrogens (primary N) is 1. The van der Waals surface area contributed by atoms with Gasteiger partial charge >= 0.3 is 0 Å². The molecule has 0 radical (unpaired) electrons. The minimum atomic E-state index is 0.178. The van der Waals surface area contributed by atoms with Crippen molar-refractivity contribution in [3.05, 3.63) is 42.1 Å². The topological polar surface area (TPSA) is 38.9 Å². The third-order valence-electron chi connectivity index (χ3n) is 4.42. The minimum absolute atomic E-state index is 0.178. The van der Waals surface area contributed by atoms with E-state index in [9.17, 15) is 0 Å². The summed E-state index contributed by atoms with van der Waals surface area (Å²) >= 11 is 0. The molecule has 1 aromatic carbocycles. The predicted molar refractivity (Wildman–Crippen MR) is 70.9 cm³/mol. The fourth-order valence-electron chi connectivity index (χ4n) is 3.04. The molecule has 1 heterocycles. The molecule has 0 aliphatic heterocycles. The van der Waals surface area contributed by atoms with Crippen molar-refractivity contribution in [2.45, 2.75) is 25.7 Å². The van der Waals surface area contributed by atoms with Crippen molar-refractivity contribution in [2.24, 2.45) is 11.1 Å². The second-order valence-corrected chi connectivity index (χ2v) is 5.76. The Morgan fingerprint density at radius 3 is 2.71 bits per heavy atom. The quantitative estimate of drug-likeness (QED) is 0.855. The van der Waals surface area contributed by atoms with Crippen LogP contribution in [0.25, 0.3) is 10.9 Å². The lowest BCUT2D eigenvalue weighted by atomic mass is 9.87. The molecule has 1 aliphatic carbocycles. The van der Waals surface area contributed by atoms with Crippen LogP contribution >= 0.6 is 0 Å². The zero-order valence-corrected chi connectivity index (χ0v) is 10.4. The summed E-state index contributed by atoms with van der Waals surface area (Å²) in [6.07, 6.45) is 3.02. The van der Waals surface area contributed by atoms with Crippen LogP contribution in [0, 0.1) is 5.41 Å². The number of hydrogen-bond donors (Lipinski definition) is 1. The summed E-state index contributed by atoms with van der Waals surface area (Å²) in [6.45, 7) is 5.33. The zero-order valence-electron chi connectivity index (χ0n) is 10.4. The van der Waals surface area contributed by atoms with Gasteiger partial charge in [-0.2, -0.15) is 0 Å². The third-order valence-corrected chi connectivity index (χ3v) is 4.42. The number of fused-ring (bicyclic) bond motifs is 1. The maximum atomic E-state index is 6.00. The lowest BCUT2D eigenvalue weighted by Crippen LogP contribution is -2.25. The Balaban J connectivity index is 2.13. The number of hydrogen-bond acceptors (Lipinski definition) is 2. The number of benzene rings is 1. The molecule has 0 bridgehead atoms. The van der Waals surface area contributed by atoms with Crippen molar-refractivity contribution in [1.29, 1.82) is 0 Å². The Morgan fingerprint density at radius 1 is 1.29 bits per heavy atom. The molecule has 0 spiro atoms. The van der Waals surface area contributed by atoms with E-state index in [1.165, 1.54) is 17.4 Å². The van der Waals surface area contributed by atoms with Gasteiger partial charge in [-0.3, -0.25) is 4.98 Å². The molecule has 1 aromatic heterocycles. The second-order valence-electron chi connectivity index (χ2n) is 5.76. The zero-order chi connectivity index (χ0) is 12.1. The molecule has 0 saturated heterocycles. The number of nitrogens with zero attached hydrogens (tertiary/aromatic N) is 1. The standard InChI is InChI=1S/C15H18N2/c1-14(2)9-15(14,10-16)12-5-6-13-11(8-12)4-3-7-17-13/h3-8H,9-10,16H2,1-2H3. The fraction of sp³-hybridized carbons (Fsp3) is 0.400. The molecular formula is C15H18N2. The summed E-state index contributed by atoms with van der Waals surface area (Å²) in [5.74, 6) is 0. The third kappa shape index (κ3) is 1.40. The van der Waals surface area contributed by atoms with Gasteiger partial charge in [-0.25, -0.2) is 0 Å². The monoisotopic (exact) mass is 226 g/mol. The van der Waals surface area contributed by atoms with Gasteiger partial charge in [-0.1, -0.05) is 26.0 Å². The number of pyridine rings is 1. The largest absolute Gasteiger partial charge is 0.330 e. The lowest BCUT2D eigenvalue weighted by Gasteiger charge is -2.19. The van der Waals surface area contributed by atoms with Crippen LogP contribution in [0.1, 0.15) is 25.8 Å². The van der Waals surface area contributed by atoms with Gasteiger partial charge < -0.3 is 5.73 Å². The van der Waals surface area contributed by atoms with Gasteiger partial charge in [-0.05, 0) is 35.6 Å². The van der Waals surface area contributed by atoms with Crippen LogP contribution in [0.3, 0.4) is 0 Å². The van der Waals surface area contributed by atoms with Gasteiger partial charge in [0.05, 0.1) is 5.52 Å². The highest BCUT2D eigenvalue weighted by Gasteiger charge is 2.60. The molecule has 17 heavy (non-hydrogen) atoms. The summed E-state index contributed by atoms with van der Waals surface area (Å²) in [6, 6.07) is 10.7. The molecule has 2 nitrogen and oxygen atoms in total. The normalized spacial score (nSPS) is 26.1. The van der Waals surface area contributed by atoms with Crippen LogP contribution < -0.4 is 5.73 Å². The van der Waals surface area contributed by atoms with Gasteiger partial charge in [0.15, 0.2) is 0 Å². The average Bonchev–Trinajstić information content (AvgIpc) is 2.92. The van der Waals surface area contributed by atoms with Crippen molar-refractivity contribution >= 4 is 10.9 Å². The van der Waals surface area contributed by atoms with Crippen molar-refractivity contribution in [1.82, 2.24) is 4.98 Å². The van der Waals surface area contributed by atoms with Crippen molar-refractivity contribution in [3.63, 3.8) is 0 Å². The Kier molecular flexibility index (Phi) is 2.08. The Bertz CT molecular complexity index is 574. The first-order valence-electron chi connectivity index (χ1n) is 6.14. The van der Waals surface area contributed by atoms with E-state index in [1.54, 1.807) is 0 Å². The first-order valence-corrected chi connectivity index (χ1v) is 6.14. The summed E-state index contributed by atoms with van der Waals surface area (Å²) < 4.78 is 0. The Labute approximate surface area is 102 Å². The molecule has 3 rings (SSSR count). The number of rotatable bonds is 2. The second kappa shape index (κ2) is 3.30. The highest BCUT2D eigenvalue weighted by Crippen LogP contribution is 2.63. The van der Waals surface area contributed by atoms with Gasteiger partial charge in [0.1, 0.15) is 0 Å². The van der Waals surface area contributed by atoms with Crippen LogP contribution in [-0.2, 0) is 5.41 Å². The molecule has 1 aliphatic rings. The van der Waals surface area contributed by atoms with E-state index in [4.69, 9.17) is 5.73 Å². The number of aromatic nitrogens is 1. The maximum absolute atomic E-state index is 6.00. The smallest absolute Gasteiger partial charge is 0.0702 e. The maximum Gasteiger partial charge on any atom is 0.0702 e. The molecule has 1 saturated carbocycles. The first kappa shape index (κ1) is 10.7. The SMILES string of the molecule is CC1(C)CC1(CN)c1ccc2ncccc2c1. The molecule has 2 heteroatoms. The van der Waals surface area contributed by atoms with E-state index < -0.39 is 0 Å². The molecule has 1 unspecified atom stereocenters. The van der Waals surface area contributed by atoms with E-state index in [-0.39, 0.29) is 5.41 Å². The molecule has 1 fully saturated rings. The van der Waals surface area contributed by atoms with Crippen molar-refractivity contribution in [3.8, 4) is 0 Å². The van der Waals surface area contributed by atoms with Crippen molar-refractivity contribution in [2.75, 3.05) is 6.54 Å². The van der Waals surface area contributed by atoms with Crippen LogP contribution in [0.15, 0.2) is 36.5 Å². The van der Waals surface area contributed by atoms with Crippen molar-refractivity contribution < 1.29 is 0 Å². The van der Waals surface area contributed by atoms with Gasteiger partial charge in [0.2, 0.25) is 0 Å². The van der Waals surface area contributed by atoms with E-state index in [1.807, 2.05) is 12.3 Å². The molecule has 1 atom stereocenters. The van der Waals surface area contributed by atoms with Crippen LogP contribution in [0.5, 0.6) is 0 Å². The molecule has 0 amide bonds. The van der Waals surface area contributed by atoms with E-state index in [0.29, 0.717) is 5.41 Å². The highest BCUT2D eigenvalue weighted by atomic mass is 14.7. The average molecular weight is 226 g/mol. The van der Waals surface area contributed by atoms with E-state index in [2.05, 4.69) is 43.1 Å². The van der Waals surface area contributed by atoms with Gasteiger partial charge in [0.25, 0.3) is 0 Å². The van der Waals surface area contributed by atoms with E-state index in [0.717, 1.165) is 12.1 Å². The minimum Gasteiger partial charge on any atom is -0.330 e. The molecule has 2 N–H and O–H groups in total. The summed E-state index contributed by atoms with van der Waals surface area (Å²) in [5, 5.41) is 1.21. The highest BCUT2D eigenvalue weighted by molar-refractivity contribution is 5.79. The molecular weight excluding hydrogens is 208 g/mol. The predicted octanol–water partition coefficient (Wildman–Crippen LogP) is 2.86. The molecule has 88 valence electrons. The Hall–Kier alpha value is -1.41. The van der Waals surface area contributed by atoms with Crippen LogP contribution in [-0.4, -0.2) is 11.5 Å². The van der Waals surface area contributed by atoms with E-state index >= 15 is 0 Å². The van der Waals surface area contributed by atoms with Gasteiger partial charge in [-0.15, -0.1) is 0 Å². The lowest BCUT2D eigenvalue weighted by molar-refractivity contribution is 0.503. The van der Waals surface area contributed by atoms with Gasteiger partial charge in [0, 0.05) is 23.5 Å².